The summed E-state index contributed by atoms with van der Waals surface area (Å²) in [5.41, 5.74) is 0.987. The van der Waals surface area contributed by atoms with E-state index in [0.717, 1.165) is 5.56 Å². The number of pyridine rings is 1. The zero-order valence-electron chi connectivity index (χ0n) is 9.46. The second kappa shape index (κ2) is 5.91. The number of nitrogens with one attached hydrogen (secondary N) is 1. The average Bonchev–Trinajstić information content (AvgIpc) is 2.34. The molecule has 0 amide bonds. The lowest BCUT2D eigenvalue weighted by molar-refractivity contribution is 0.623. The van der Waals surface area contributed by atoms with Gasteiger partial charge in [0.2, 0.25) is 0 Å². The quantitative estimate of drug-likeness (QED) is 0.929. The molecule has 1 heterocycles. The van der Waals surface area contributed by atoms with E-state index in [0.29, 0.717) is 17.4 Å². The number of rotatable bonds is 4. The number of anilines is 1. The molecule has 0 radical (unpaired) electrons. The first-order chi connectivity index (χ1) is 8.65. The normalized spacial score (nSPS) is 10.4. The standard InChI is InChI=1S/C13H11BrF2N2/c14-10-7-12(16)13(18-8-10)17-6-5-9-1-3-11(15)4-2-9/h1-4,7-8H,5-6H2,(H,17,18). The maximum atomic E-state index is 13.4. The second-order valence-corrected chi connectivity index (χ2v) is 4.70. The molecule has 1 aromatic carbocycles. The van der Waals surface area contributed by atoms with E-state index < -0.39 is 5.82 Å². The van der Waals surface area contributed by atoms with Crippen molar-refractivity contribution in [2.45, 2.75) is 6.42 Å². The third kappa shape index (κ3) is 3.50. The molecule has 0 unspecified atom stereocenters. The van der Waals surface area contributed by atoms with Gasteiger partial charge in [0.25, 0.3) is 0 Å². The zero-order valence-corrected chi connectivity index (χ0v) is 11.0. The molecule has 0 aliphatic heterocycles. The third-order valence-electron chi connectivity index (χ3n) is 2.43. The van der Waals surface area contributed by atoms with Crippen molar-refractivity contribution in [3.05, 3.63) is 58.2 Å². The summed E-state index contributed by atoms with van der Waals surface area (Å²) in [6.45, 7) is 0.539. The topological polar surface area (TPSA) is 24.9 Å². The smallest absolute Gasteiger partial charge is 0.166 e. The van der Waals surface area contributed by atoms with Gasteiger partial charge in [-0.3, -0.25) is 0 Å². The lowest BCUT2D eigenvalue weighted by Gasteiger charge is -2.06. The van der Waals surface area contributed by atoms with Crippen molar-refractivity contribution in [2.75, 3.05) is 11.9 Å². The lowest BCUT2D eigenvalue weighted by Crippen LogP contribution is -2.07. The van der Waals surface area contributed by atoms with Crippen LogP contribution in [0.5, 0.6) is 0 Å². The highest BCUT2D eigenvalue weighted by molar-refractivity contribution is 9.10. The molecule has 0 saturated heterocycles. The maximum absolute atomic E-state index is 13.4. The third-order valence-corrected chi connectivity index (χ3v) is 2.86. The molecule has 0 saturated carbocycles. The van der Waals surface area contributed by atoms with Crippen LogP contribution in [0.4, 0.5) is 14.6 Å². The van der Waals surface area contributed by atoms with E-state index in [9.17, 15) is 8.78 Å². The molecule has 94 valence electrons. The molecule has 0 spiro atoms. The SMILES string of the molecule is Fc1ccc(CCNc2ncc(Br)cc2F)cc1. The Morgan fingerprint density at radius 1 is 1.17 bits per heavy atom. The van der Waals surface area contributed by atoms with Crippen molar-refractivity contribution < 1.29 is 8.78 Å². The van der Waals surface area contributed by atoms with Gasteiger partial charge in [0.15, 0.2) is 11.6 Å². The summed E-state index contributed by atoms with van der Waals surface area (Å²) in [4.78, 5) is 3.93. The number of benzene rings is 1. The minimum absolute atomic E-state index is 0.223. The predicted octanol–water partition coefficient (Wildman–Crippen LogP) is 3.78. The Labute approximate surface area is 112 Å². The van der Waals surface area contributed by atoms with Gasteiger partial charge >= 0.3 is 0 Å². The fourth-order valence-electron chi connectivity index (χ4n) is 1.52. The van der Waals surface area contributed by atoms with Crippen molar-refractivity contribution in [3.8, 4) is 0 Å². The first-order valence-corrected chi connectivity index (χ1v) is 6.24. The number of aromatic nitrogens is 1. The average molecular weight is 313 g/mol. The van der Waals surface area contributed by atoms with Crippen molar-refractivity contribution in [1.29, 1.82) is 0 Å². The van der Waals surface area contributed by atoms with Gasteiger partial charge in [-0.25, -0.2) is 13.8 Å². The van der Waals surface area contributed by atoms with E-state index in [1.54, 1.807) is 12.1 Å². The summed E-state index contributed by atoms with van der Waals surface area (Å²) >= 11 is 3.14. The first kappa shape index (κ1) is 13.0. The summed E-state index contributed by atoms with van der Waals surface area (Å²) in [5, 5.41) is 2.90. The van der Waals surface area contributed by atoms with Gasteiger partial charge in [0, 0.05) is 17.2 Å². The van der Waals surface area contributed by atoms with Crippen LogP contribution in [0.2, 0.25) is 0 Å². The number of hydrogen-bond acceptors (Lipinski definition) is 2. The predicted molar refractivity (Wildman–Crippen MR) is 70.5 cm³/mol. The van der Waals surface area contributed by atoms with Crippen molar-refractivity contribution in [1.82, 2.24) is 4.98 Å². The van der Waals surface area contributed by atoms with Crippen LogP contribution in [-0.2, 0) is 6.42 Å². The van der Waals surface area contributed by atoms with Crippen molar-refractivity contribution in [2.24, 2.45) is 0 Å². The zero-order chi connectivity index (χ0) is 13.0. The van der Waals surface area contributed by atoms with Crippen LogP contribution in [0.15, 0.2) is 41.0 Å². The summed E-state index contributed by atoms with van der Waals surface area (Å²) in [7, 11) is 0. The number of halogens is 3. The molecule has 0 bridgehead atoms. The van der Waals surface area contributed by atoms with E-state index in [-0.39, 0.29) is 11.6 Å². The molecule has 0 fully saturated rings. The van der Waals surface area contributed by atoms with E-state index >= 15 is 0 Å². The first-order valence-electron chi connectivity index (χ1n) is 5.44. The highest BCUT2D eigenvalue weighted by atomic mass is 79.9. The van der Waals surface area contributed by atoms with E-state index in [1.807, 2.05) is 0 Å². The van der Waals surface area contributed by atoms with Gasteiger partial charge in [0.05, 0.1) is 0 Å². The van der Waals surface area contributed by atoms with E-state index in [4.69, 9.17) is 0 Å². The Hall–Kier alpha value is -1.49. The summed E-state index contributed by atoms with van der Waals surface area (Å²) in [5.74, 6) is -0.434. The van der Waals surface area contributed by atoms with Crippen LogP contribution in [0.25, 0.3) is 0 Å². The molecule has 0 aliphatic carbocycles. The van der Waals surface area contributed by atoms with Gasteiger partial charge in [-0.2, -0.15) is 0 Å². The van der Waals surface area contributed by atoms with Gasteiger partial charge < -0.3 is 5.32 Å². The summed E-state index contributed by atoms with van der Waals surface area (Å²) in [6.07, 6.45) is 2.21. The Morgan fingerprint density at radius 2 is 1.89 bits per heavy atom. The second-order valence-electron chi connectivity index (χ2n) is 3.79. The van der Waals surface area contributed by atoms with Gasteiger partial charge in [-0.15, -0.1) is 0 Å². The fourth-order valence-corrected chi connectivity index (χ4v) is 1.82. The molecule has 2 aromatic rings. The highest BCUT2D eigenvalue weighted by Gasteiger charge is 2.03. The lowest BCUT2D eigenvalue weighted by atomic mass is 10.1. The molecular weight excluding hydrogens is 302 g/mol. The molecule has 5 heteroatoms. The molecule has 0 aliphatic rings. The van der Waals surface area contributed by atoms with Crippen LogP contribution in [0.3, 0.4) is 0 Å². The van der Waals surface area contributed by atoms with Crippen LogP contribution in [0, 0.1) is 11.6 Å². The Bertz CT molecular complexity index is 529. The number of hydrogen-bond donors (Lipinski definition) is 1. The van der Waals surface area contributed by atoms with Crippen LogP contribution < -0.4 is 5.32 Å². The maximum Gasteiger partial charge on any atom is 0.166 e. The van der Waals surface area contributed by atoms with Gasteiger partial charge in [-0.05, 0) is 46.1 Å². The monoisotopic (exact) mass is 312 g/mol. The molecule has 1 aromatic heterocycles. The largest absolute Gasteiger partial charge is 0.367 e. The number of nitrogens with zero attached hydrogens (tertiary/aromatic N) is 1. The molecule has 0 atom stereocenters. The van der Waals surface area contributed by atoms with E-state index in [1.165, 1.54) is 24.4 Å². The van der Waals surface area contributed by atoms with Crippen molar-refractivity contribution in [3.63, 3.8) is 0 Å². The Morgan fingerprint density at radius 3 is 2.56 bits per heavy atom. The Balaban J connectivity index is 1.90. The van der Waals surface area contributed by atoms with Crippen LogP contribution in [-0.4, -0.2) is 11.5 Å². The Kier molecular flexibility index (Phi) is 4.25. The van der Waals surface area contributed by atoms with Crippen LogP contribution >= 0.6 is 15.9 Å². The minimum atomic E-state index is -0.400. The molecule has 2 nitrogen and oxygen atoms in total. The highest BCUT2D eigenvalue weighted by Crippen LogP contribution is 2.16. The fraction of sp³-hybridized carbons (Fsp3) is 0.154. The molecule has 1 N–H and O–H groups in total. The minimum Gasteiger partial charge on any atom is -0.367 e. The van der Waals surface area contributed by atoms with Crippen molar-refractivity contribution >= 4 is 21.7 Å². The summed E-state index contributed by atoms with van der Waals surface area (Å²) < 4.78 is 26.7. The molecular formula is C13H11BrF2N2. The van der Waals surface area contributed by atoms with E-state index in [2.05, 4.69) is 26.2 Å². The molecule has 18 heavy (non-hydrogen) atoms. The van der Waals surface area contributed by atoms with Crippen LogP contribution in [0.1, 0.15) is 5.56 Å². The molecule has 2 rings (SSSR count). The van der Waals surface area contributed by atoms with Gasteiger partial charge in [0.1, 0.15) is 5.82 Å². The summed E-state index contributed by atoms with van der Waals surface area (Å²) in [6, 6.07) is 7.60. The van der Waals surface area contributed by atoms with Gasteiger partial charge in [-0.1, -0.05) is 12.1 Å².